The molecule has 1 aromatic carbocycles. The van der Waals surface area contributed by atoms with Gasteiger partial charge in [-0.2, -0.15) is 0 Å². The minimum atomic E-state index is 0. The van der Waals surface area contributed by atoms with Crippen LogP contribution in [0.25, 0.3) is 0 Å². The summed E-state index contributed by atoms with van der Waals surface area (Å²) >= 11 is 0. The van der Waals surface area contributed by atoms with Gasteiger partial charge in [0.2, 0.25) is 0 Å². The van der Waals surface area contributed by atoms with Crippen molar-refractivity contribution in [3.8, 4) is 18.1 Å². The molecule has 19 heavy (non-hydrogen) atoms. The fourth-order valence-corrected chi connectivity index (χ4v) is 1.58. The van der Waals surface area contributed by atoms with Crippen LogP contribution in [0.5, 0.6) is 5.75 Å². The number of nitrogens with zero attached hydrogens (tertiary/aromatic N) is 1. The number of hydrogen-bond donors (Lipinski definition) is 2. The first-order valence-electron chi connectivity index (χ1n) is 5.81. The number of aliphatic imine (C=N–C) groups is 1. The van der Waals surface area contributed by atoms with E-state index in [0.717, 1.165) is 18.7 Å². The Hall–Kier alpha value is -1.42. The molecule has 0 bridgehead atoms. The number of para-hydroxylation sites is 1. The molecular formula is C14H20IN3O. The molecular weight excluding hydrogens is 353 g/mol. The zero-order chi connectivity index (χ0) is 13.2. The maximum absolute atomic E-state index is 5.29. The maximum Gasteiger partial charge on any atom is 0.191 e. The normalized spacial score (nSPS) is 10.1. The summed E-state index contributed by atoms with van der Waals surface area (Å²) in [6, 6.07) is 7.98. The van der Waals surface area contributed by atoms with Crippen molar-refractivity contribution in [1.82, 2.24) is 10.6 Å². The molecule has 0 saturated carbocycles. The van der Waals surface area contributed by atoms with E-state index in [9.17, 15) is 0 Å². The number of halogens is 1. The number of nitrogens with one attached hydrogen (secondary N) is 2. The molecule has 0 aromatic heterocycles. The summed E-state index contributed by atoms with van der Waals surface area (Å²) in [5, 5.41) is 6.20. The van der Waals surface area contributed by atoms with Crippen LogP contribution in [-0.2, 0) is 6.42 Å². The van der Waals surface area contributed by atoms with Gasteiger partial charge in [-0.15, -0.1) is 30.4 Å². The summed E-state index contributed by atoms with van der Waals surface area (Å²) in [6.07, 6.45) is 6.04. The quantitative estimate of drug-likeness (QED) is 0.357. The second kappa shape index (κ2) is 10.5. The lowest BCUT2D eigenvalue weighted by atomic mass is 10.1. The van der Waals surface area contributed by atoms with Crippen molar-refractivity contribution < 1.29 is 4.74 Å². The summed E-state index contributed by atoms with van der Waals surface area (Å²) in [5.74, 6) is 4.13. The molecule has 1 aromatic rings. The molecule has 4 nitrogen and oxygen atoms in total. The van der Waals surface area contributed by atoms with Crippen LogP contribution < -0.4 is 15.4 Å². The van der Waals surface area contributed by atoms with Gasteiger partial charge < -0.3 is 15.4 Å². The van der Waals surface area contributed by atoms with E-state index >= 15 is 0 Å². The Morgan fingerprint density at radius 1 is 1.37 bits per heavy atom. The number of terminal acetylenes is 1. The number of hydrogen-bond acceptors (Lipinski definition) is 2. The third-order valence-electron chi connectivity index (χ3n) is 2.46. The van der Waals surface area contributed by atoms with Gasteiger partial charge in [0.1, 0.15) is 5.75 Å². The molecule has 0 spiro atoms. The largest absolute Gasteiger partial charge is 0.496 e. The minimum Gasteiger partial charge on any atom is -0.496 e. The van der Waals surface area contributed by atoms with Gasteiger partial charge in [-0.1, -0.05) is 24.1 Å². The van der Waals surface area contributed by atoms with E-state index in [0.29, 0.717) is 12.5 Å². The van der Waals surface area contributed by atoms with E-state index in [1.807, 2.05) is 18.2 Å². The van der Waals surface area contributed by atoms with Crippen LogP contribution in [0.1, 0.15) is 5.56 Å². The highest BCUT2D eigenvalue weighted by Gasteiger charge is 2.01. The molecule has 0 saturated heterocycles. The zero-order valence-corrected chi connectivity index (χ0v) is 13.6. The smallest absolute Gasteiger partial charge is 0.191 e. The van der Waals surface area contributed by atoms with Crippen molar-refractivity contribution in [2.75, 3.05) is 27.2 Å². The average Bonchev–Trinajstić information content (AvgIpc) is 2.43. The predicted octanol–water partition coefficient (Wildman–Crippen LogP) is 1.65. The molecule has 104 valence electrons. The molecule has 0 fully saturated rings. The Labute approximate surface area is 132 Å². The van der Waals surface area contributed by atoms with E-state index in [1.165, 1.54) is 5.56 Å². The molecule has 1 rings (SSSR count). The van der Waals surface area contributed by atoms with Crippen molar-refractivity contribution in [3.05, 3.63) is 29.8 Å². The Balaban J connectivity index is 0.00000324. The summed E-state index contributed by atoms with van der Waals surface area (Å²) in [5.41, 5.74) is 1.17. The first kappa shape index (κ1) is 17.6. The topological polar surface area (TPSA) is 45.7 Å². The lowest BCUT2D eigenvalue weighted by molar-refractivity contribution is 0.409. The number of guanidine groups is 1. The fourth-order valence-electron chi connectivity index (χ4n) is 1.58. The van der Waals surface area contributed by atoms with Crippen molar-refractivity contribution >= 4 is 29.9 Å². The van der Waals surface area contributed by atoms with E-state index < -0.39 is 0 Å². The van der Waals surface area contributed by atoms with Crippen LogP contribution in [0.3, 0.4) is 0 Å². The number of methoxy groups -OCH3 is 1. The Kier molecular flexibility index (Phi) is 9.71. The highest BCUT2D eigenvalue weighted by molar-refractivity contribution is 14.0. The molecule has 5 heteroatoms. The number of ether oxygens (including phenoxy) is 1. The average molecular weight is 373 g/mol. The first-order valence-corrected chi connectivity index (χ1v) is 5.81. The van der Waals surface area contributed by atoms with Crippen LogP contribution in [0.2, 0.25) is 0 Å². The van der Waals surface area contributed by atoms with E-state index in [4.69, 9.17) is 11.2 Å². The van der Waals surface area contributed by atoms with E-state index in [1.54, 1.807) is 14.2 Å². The van der Waals surface area contributed by atoms with Crippen LogP contribution in [0, 0.1) is 12.3 Å². The lowest BCUT2D eigenvalue weighted by Crippen LogP contribution is -2.38. The van der Waals surface area contributed by atoms with Gasteiger partial charge in [0, 0.05) is 13.6 Å². The Morgan fingerprint density at radius 2 is 2.11 bits per heavy atom. The van der Waals surface area contributed by atoms with Crippen molar-refractivity contribution in [3.63, 3.8) is 0 Å². The lowest BCUT2D eigenvalue weighted by Gasteiger charge is -2.11. The molecule has 0 aliphatic carbocycles. The third kappa shape index (κ3) is 6.34. The Morgan fingerprint density at radius 3 is 2.74 bits per heavy atom. The van der Waals surface area contributed by atoms with Gasteiger partial charge in [-0.3, -0.25) is 4.99 Å². The maximum atomic E-state index is 5.29. The summed E-state index contributed by atoms with van der Waals surface area (Å²) < 4.78 is 5.29. The van der Waals surface area contributed by atoms with Crippen LogP contribution in [0.4, 0.5) is 0 Å². The van der Waals surface area contributed by atoms with Gasteiger partial charge in [-0.05, 0) is 18.1 Å². The minimum absolute atomic E-state index is 0. The molecule has 0 aliphatic heterocycles. The highest BCUT2D eigenvalue weighted by atomic mass is 127. The molecule has 0 unspecified atom stereocenters. The van der Waals surface area contributed by atoms with Crippen LogP contribution in [-0.4, -0.2) is 33.2 Å². The SMILES string of the molecule is C#CCNC(=NC)NCCc1ccccc1OC.I. The van der Waals surface area contributed by atoms with Gasteiger partial charge >= 0.3 is 0 Å². The standard InChI is InChI=1S/C14H19N3O.HI/c1-4-10-16-14(15-2)17-11-9-12-7-5-6-8-13(12)18-3;/h1,5-8H,9-11H2,2-3H3,(H2,15,16,17);1H. The van der Waals surface area contributed by atoms with E-state index in [-0.39, 0.29) is 24.0 Å². The van der Waals surface area contributed by atoms with Gasteiger partial charge in [0.15, 0.2) is 5.96 Å². The van der Waals surface area contributed by atoms with Gasteiger partial charge in [0.25, 0.3) is 0 Å². The Bertz CT molecular complexity index is 441. The van der Waals surface area contributed by atoms with Crippen molar-refractivity contribution in [2.24, 2.45) is 4.99 Å². The predicted molar refractivity (Wildman–Crippen MR) is 90.3 cm³/mol. The van der Waals surface area contributed by atoms with Gasteiger partial charge in [-0.25, -0.2) is 0 Å². The second-order valence-electron chi connectivity index (χ2n) is 3.62. The number of benzene rings is 1. The monoisotopic (exact) mass is 373 g/mol. The summed E-state index contributed by atoms with van der Waals surface area (Å²) in [6.45, 7) is 1.24. The van der Waals surface area contributed by atoms with E-state index in [2.05, 4.69) is 27.6 Å². The fraction of sp³-hybridized carbons (Fsp3) is 0.357. The van der Waals surface area contributed by atoms with Gasteiger partial charge in [0.05, 0.1) is 13.7 Å². The summed E-state index contributed by atoms with van der Waals surface area (Å²) in [7, 11) is 3.40. The molecule has 0 heterocycles. The molecule has 0 radical (unpaired) electrons. The molecule has 0 aliphatic rings. The number of rotatable bonds is 5. The molecule has 0 atom stereocenters. The second-order valence-corrected chi connectivity index (χ2v) is 3.62. The van der Waals surface area contributed by atoms with Crippen LogP contribution in [0.15, 0.2) is 29.3 Å². The third-order valence-corrected chi connectivity index (χ3v) is 2.46. The van der Waals surface area contributed by atoms with Crippen LogP contribution >= 0.6 is 24.0 Å². The zero-order valence-electron chi connectivity index (χ0n) is 11.3. The first-order chi connectivity index (χ1) is 8.81. The highest BCUT2D eigenvalue weighted by Crippen LogP contribution is 2.16. The molecule has 2 N–H and O–H groups in total. The van der Waals surface area contributed by atoms with Crippen molar-refractivity contribution in [2.45, 2.75) is 6.42 Å². The summed E-state index contributed by atoms with van der Waals surface area (Å²) in [4.78, 5) is 4.07. The molecule has 0 amide bonds. The van der Waals surface area contributed by atoms with Crippen molar-refractivity contribution in [1.29, 1.82) is 0 Å².